The van der Waals surface area contributed by atoms with Crippen molar-refractivity contribution in [1.82, 2.24) is 9.88 Å². The summed E-state index contributed by atoms with van der Waals surface area (Å²) in [6, 6.07) is 7.84. The Morgan fingerprint density at radius 1 is 1.46 bits per heavy atom. The van der Waals surface area contributed by atoms with E-state index in [1.807, 2.05) is 32.0 Å². The van der Waals surface area contributed by atoms with Gasteiger partial charge in [0.2, 0.25) is 0 Å². The van der Waals surface area contributed by atoms with Crippen LogP contribution in [-0.4, -0.2) is 46.7 Å². The molecule has 4 rings (SSSR count). The van der Waals surface area contributed by atoms with Gasteiger partial charge in [-0.3, -0.25) is 0 Å². The van der Waals surface area contributed by atoms with Crippen molar-refractivity contribution >= 4 is 17.0 Å². The highest BCUT2D eigenvalue weighted by Gasteiger charge is 2.33. The third kappa shape index (κ3) is 3.46. The van der Waals surface area contributed by atoms with Gasteiger partial charge in [0.15, 0.2) is 0 Å². The van der Waals surface area contributed by atoms with Crippen LogP contribution in [0.2, 0.25) is 0 Å². The fourth-order valence-corrected chi connectivity index (χ4v) is 4.28. The van der Waals surface area contributed by atoms with Crippen molar-refractivity contribution in [2.75, 3.05) is 6.61 Å². The lowest BCUT2D eigenvalue weighted by atomic mass is 10.1. The summed E-state index contributed by atoms with van der Waals surface area (Å²) >= 11 is 0. The number of aliphatic hydroxyl groups excluding tert-OH is 1. The molecule has 0 spiro atoms. The maximum absolute atomic E-state index is 12.0. The molecule has 148 valence electrons. The Kier molecular flexibility index (Phi) is 5.00. The van der Waals surface area contributed by atoms with Crippen LogP contribution < -0.4 is 5.32 Å². The Balaban J connectivity index is 1.65. The van der Waals surface area contributed by atoms with E-state index in [2.05, 4.69) is 16.0 Å². The van der Waals surface area contributed by atoms with Gasteiger partial charge in [-0.2, -0.15) is 5.26 Å². The molecule has 1 aromatic carbocycles. The van der Waals surface area contributed by atoms with E-state index in [-0.39, 0.29) is 18.2 Å². The lowest BCUT2D eigenvalue weighted by Crippen LogP contribution is -2.37. The number of benzene rings is 1. The molecule has 2 aliphatic rings. The lowest BCUT2D eigenvalue weighted by Gasteiger charge is -2.19. The number of hydrogen-bond donors (Lipinski definition) is 2. The topological polar surface area (TPSA) is 96.5 Å². The fraction of sp³-hybridized carbons (Fsp3) is 0.524. The first-order valence-corrected chi connectivity index (χ1v) is 9.77. The Morgan fingerprint density at radius 2 is 2.29 bits per heavy atom. The van der Waals surface area contributed by atoms with E-state index in [1.54, 1.807) is 0 Å². The van der Waals surface area contributed by atoms with Crippen LogP contribution in [0, 0.1) is 11.3 Å². The van der Waals surface area contributed by atoms with Crippen LogP contribution in [0.25, 0.3) is 10.9 Å². The minimum Gasteiger partial charge on any atom is -0.447 e. The number of nitrogens with zero attached hydrogens (tertiary/aromatic N) is 2. The van der Waals surface area contributed by atoms with Crippen molar-refractivity contribution in [3.05, 3.63) is 35.0 Å². The summed E-state index contributed by atoms with van der Waals surface area (Å²) in [6.07, 6.45) is 0.731. The highest BCUT2D eigenvalue weighted by Crippen LogP contribution is 2.35. The maximum atomic E-state index is 12.0. The van der Waals surface area contributed by atoms with Crippen LogP contribution in [-0.2, 0) is 28.9 Å². The molecule has 1 amide bonds. The molecule has 0 bridgehead atoms. The lowest BCUT2D eigenvalue weighted by molar-refractivity contribution is 0.0314. The molecule has 1 saturated heterocycles. The number of carbonyl (C=O) groups excluding carboxylic acids is 1. The number of hydrogen-bond acceptors (Lipinski definition) is 5. The number of amides is 1. The highest BCUT2D eigenvalue weighted by molar-refractivity contribution is 5.88. The summed E-state index contributed by atoms with van der Waals surface area (Å²) < 4.78 is 13.1. The van der Waals surface area contributed by atoms with Crippen molar-refractivity contribution in [1.29, 1.82) is 5.26 Å². The third-order valence-electron chi connectivity index (χ3n) is 5.51. The molecule has 7 heteroatoms. The maximum Gasteiger partial charge on any atom is 0.407 e. The van der Waals surface area contributed by atoms with Gasteiger partial charge < -0.3 is 24.5 Å². The minimum absolute atomic E-state index is 0.0490. The van der Waals surface area contributed by atoms with Gasteiger partial charge in [-0.1, -0.05) is 0 Å². The summed E-state index contributed by atoms with van der Waals surface area (Å²) in [4.78, 5) is 12.0. The number of alkyl carbamates (subject to hydrolysis) is 1. The van der Waals surface area contributed by atoms with Crippen molar-refractivity contribution < 1.29 is 19.4 Å². The van der Waals surface area contributed by atoms with Gasteiger partial charge in [0.1, 0.15) is 6.10 Å². The molecule has 1 aliphatic carbocycles. The Hall–Kier alpha value is -2.56. The summed E-state index contributed by atoms with van der Waals surface area (Å²) in [5.41, 5.74) is 3.92. The number of rotatable bonds is 4. The highest BCUT2D eigenvalue weighted by atomic mass is 16.6. The van der Waals surface area contributed by atoms with Crippen LogP contribution in [0.3, 0.4) is 0 Å². The smallest absolute Gasteiger partial charge is 0.407 e. The Labute approximate surface area is 163 Å². The van der Waals surface area contributed by atoms with E-state index in [1.165, 1.54) is 0 Å². The van der Waals surface area contributed by atoms with E-state index in [4.69, 9.17) is 9.47 Å². The van der Waals surface area contributed by atoms with Crippen LogP contribution in [0.15, 0.2) is 18.2 Å². The molecule has 7 nitrogen and oxygen atoms in total. The number of nitriles is 1. The Morgan fingerprint density at radius 3 is 2.96 bits per heavy atom. The SMILES string of the molecule is CC(C)OC(=O)N[C@H]1Cc2c(n(C[C@H]3OCC[C@@H]3O)c3ccc(C#N)cc23)C1. The van der Waals surface area contributed by atoms with Gasteiger partial charge in [0, 0.05) is 35.7 Å². The van der Waals surface area contributed by atoms with E-state index >= 15 is 0 Å². The molecule has 28 heavy (non-hydrogen) atoms. The second-order valence-corrected chi connectivity index (χ2v) is 7.85. The van der Waals surface area contributed by atoms with Gasteiger partial charge in [-0.25, -0.2) is 4.79 Å². The zero-order valence-corrected chi connectivity index (χ0v) is 16.1. The van der Waals surface area contributed by atoms with E-state index in [0.717, 1.165) is 22.2 Å². The quantitative estimate of drug-likeness (QED) is 0.844. The molecule has 1 aromatic heterocycles. The second-order valence-electron chi connectivity index (χ2n) is 7.85. The molecule has 1 aliphatic heterocycles. The number of carbonyl (C=O) groups is 1. The largest absolute Gasteiger partial charge is 0.447 e. The monoisotopic (exact) mass is 383 g/mol. The van der Waals surface area contributed by atoms with Crippen molar-refractivity contribution in [2.24, 2.45) is 0 Å². The van der Waals surface area contributed by atoms with Crippen LogP contribution >= 0.6 is 0 Å². The molecule has 2 aromatic rings. The summed E-state index contributed by atoms with van der Waals surface area (Å²) in [5, 5.41) is 23.5. The predicted octanol–water partition coefficient (Wildman–Crippen LogP) is 2.26. The number of ether oxygens (including phenoxy) is 2. The number of aromatic nitrogens is 1. The van der Waals surface area contributed by atoms with E-state index in [0.29, 0.717) is 38.0 Å². The van der Waals surface area contributed by atoms with Crippen molar-refractivity contribution in [3.63, 3.8) is 0 Å². The van der Waals surface area contributed by atoms with Crippen molar-refractivity contribution in [2.45, 2.75) is 64.0 Å². The minimum atomic E-state index is -0.470. The van der Waals surface area contributed by atoms with Crippen LogP contribution in [0.1, 0.15) is 37.1 Å². The van der Waals surface area contributed by atoms with E-state index in [9.17, 15) is 15.2 Å². The van der Waals surface area contributed by atoms with Gasteiger partial charge in [-0.05, 0) is 50.5 Å². The molecule has 2 N–H and O–H groups in total. The van der Waals surface area contributed by atoms with E-state index < -0.39 is 12.2 Å². The molecule has 2 heterocycles. The first-order chi connectivity index (χ1) is 13.5. The number of aliphatic hydroxyl groups is 1. The Bertz CT molecular complexity index is 943. The number of nitrogens with one attached hydrogen (secondary N) is 1. The zero-order valence-electron chi connectivity index (χ0n) is 16.1. The van der Waals surface area contributed by atoms with Crippen LogP contribution in [0.5, 0.6) is 0 Å². The molecule has 3 atom stereocenters. The number of fused-ring (bicyclic) bond motifs is 3. The first kappa shape index (κ1) is 18.8. The summed E-state index contributed by atoms with van der Waals surface area (Å²) in [5.74, 6) is 0. The molecule has 0 radical (unpaired) electrons. The van der Waals surface area contributed by atoms with Gasteiger partial charge in [-0.15, -0.1) is 0 Å². The molecular weight excluding hydrogens is 358 g/mol. The summed E-state index contributed by atoms with van der Waals surface area (Å²) in [7, 11) is 0. The molecule has 1 fully saturated rings. The second kappa shape index (κ2) is 7.46. The van der Waals surface area contributed by atoms with Gasteiger partial charge in [0.05, 0.1) is 30.4 Å². The predicted molar refractivity (Wildman–Crippen MR) is 103 cm³/mol. The molecule has 0 unspecified atom stereocenters. The van der Waals surface area contributed by atoms with Gasteiger partial charge in [0.25, 0.3) is 0 Å². The van der Waals surface area contributed by atoms with Crippen molar-refractivity contribution in [3.8, 4) is 6.07 Å². The average Bonchev–Trinajstić information content (AvgIpc) is 3.30. The fourth-order valence-electron chi connectivity index (χ4n) is 4.28. The normalized spacial score (nSPS) is 23.8. The molecular formula is C21H25N3O4. The molecule has 0 saturated carbocycles. The average molecular weight is 383 g/mol. The van der Waals surface area contributed by atoms with Gasteiger partial charge >= 0.3 is 6.09 Å². The zero-order chi connectivity index (χ0) is 19.8. The first-order valence-electron chi connectivity index (χ1n) is 9.77. The summed E-state index contributed by atoms with van der Waals surface area (Å²) in [6.45, 7) is 4.76. The standard InChI is InChI=1S/C21H25N3O4/c1-12(2)28-21(26)23-14-8-16-15-7-13(10-22)3-4-17(15)24(18(16)9-14)11-20-19(25)5-6-27-20/h3-4,7,12,14,19-20,25H,5-6,8-9,11H2,1-2H3,(H,23,26)/t14-,19-,20+/m0/s1. The van der Waals surface area contributed by atoms with Crippen LogP contribution in [0.4, 0.5) is 4.79 Å². The third-order valence-corrected chi connectivity index (χ3v) is 5.51.